The summed E-state index contributed by atoms with van der Waals surface area (Å²) in [7, 11) is -3.86. The molecular formula is C30H34ClF2N3O4S. The Hall–Kier alpha value is -3.50. The van der Waals surface area contributed by atoms with Crippen molar-refractivity contribution in [2.75, 3.05) is 23.7 Å². The summed E-state index contributed by atoms with van der Waals surface area (Å²) in [5.41, 5.74) is 1.60. The van der Waals surface area contributed by atoms with Crippen molar-refractivity contribution in [3.63, 3.8) is 0 Å². The zero-order valence-electron chi connectivity index (χ0n) is 23.0. The maximum Gasteiger partial charge on any atom is 0.243 e. The van der Waals surface area contributed by atoms with Gasteiger partial charge in [0, 0.05) is 43.6 Å². The highest BCUT2D eigenvalue weighted by Gasteiger charge is 2.30. The molecule has 220 valence electrons. The second kappa shape index (κ2) is 14.9. The number of nitrogens with one attached hydrogen (secondary N) is 1. The smallest absolute Gasteiger partial charge is 0.243 e. The molecule has 0 saturated carbocycles. The number of halogens is 3. The summed E-state index contributed by atoms with van der Waals surface area (Å²) in [5, 5.41) is 3.43. The highest BCUT2D eigenvalue weighted by atomic mass is 35.5. The van der Waals surface area contributed by atoms with E-state index in [0.29, 0.717) is 11.6 Å². The number of sulfonamides is 1. The average molecular weight is 606 g/mol. The summed E-state index contributed by atoms with van der Waals surface area (Å²) in [6.07, 6.45) is 1.95. The first-order valence-corrected chi connectivity index (χ1v) is 15.5. The van der Waals surface area contributed by atoms with Crippen molar-refractivity contribution in [1.82, 2.24) is 10.2 Å². The van der Waals surface area contributed by atoms with E-state index in [1.807, 2.05) is 37.3 Å². The van der Waals surface area contributed by atoms with Gasteiger partial charge in [0.05, 0.1) is 11.9 Å². The van der Waals surface area contributed by atoms with Crippen LogP contribution in [0.5, 0.6) is 0 Å². The summed E-state index contributed by atoms with van der Waals surface area (Å²) in [4.78, 5) is 28.6. The first-order chi connectivity index (χ1) is 19.5. The van der Waals surface area contributed by atoms with Crippen molar-refractivity contribution < 1.29 is 26.8 Å². The normalized spacial score (nSPS) is 12.0. The van der Waals surface area contributed by atoms with E-state index < -0.39 is 27.7 Å². The molecule has 0 unspecified atom stereocenters. The van der Waals surface area contributed by atoms with Crippen LogP contribution in [0.15, 0.2) is 72.8 Å². The van der Waals surface area contributed by atoms with E-state index in [1.54, 1.807) is 24.3 Å². The van der Waals surface area contributed by atoms with Crippen molar-refractivity contribution in [3.8, 4) is 0 Å². The lowest BCUT2D eigenvalue weighted by Crippen LogP contribution is -2.50. The number of nitrogens with zero attached hydrogens (tertiary/aromatic N) is 2. The van der Waals surface area contributed by atoms with Gasteiger partial charge in [-0.05, 0) is 48.2 Å². The van der Waals surface area contributed by atoms with Crippen LogP contribution in [0.25, 0.3) is 0 Å². The fourth-order valence-corrected chi connectivity index (χ4v) is 5.43. The third kappa shape index (κ3) is 9.54. The van der Waals surface area contributed by atoms with Crippen LogP contribution >= 0.6 is 11.6 Å². The number of rotatable bonds is 14. The Balaban J connectivity index is 1.87. The zero-order chi connectivity index (χ0) is 30.0. The first-order valence-electron chi connectivity index (χ1n) is 13.3. The molecule has 0 saturated heterocycles. The monoisotopic (exact) mass is 605 g/mol. The maximum atomic E-state index is 13.8. The van der Waals surface area contributed by atoms with Gasteiger partial charge in [0.2, 0.25) is 21.8 Å². The van der Waals surface area contributed by atoms with E-state index in [2.05, 4.69) is 5.32 Å². The molecule has 41 heavy (non-hydrogen) atoms. The first kappa shape index (κ1) is 32.0. The minimum Gasteiger partial charge on any atom is -0.354 e. The van der Waals surface area contributed by atoms with Crippen LogP contribution in [-0.2, 0) is 32.6 Å². The molecule has 0 fully saturated rings. The second-order valence-corrected chi connectivity index (χ2v) is 12.0. The molecule has 0 bridgehead atoms. The van der Waals surface area contributed by atoms with Gasteiger partial charge in [0.25, 0.3) is 0 Å². The molecule has 11 heteroatoms. The molecule has 0 heterocycles. The fraction of sp³-hybridized carbons (Fsp3) is 0.333. The van der Waals surface area contributed by atoms with Gasteiger partial charge in [-0.15, -0.1) is 0 Å². The van der Waals surface area contributed by atoms with Crippen LogP contribution in [0.1, 0.15) is 37.3 Å². The van der Waals surface area contributed by atoms with Crippen molar-refractivity contribution >= 4 is 39.1 Å². The molecule has 1 N–H and O–H groups in total. The highest BCUT2D eigenvalue weighted by molar-refractivity contribution is 7.92. The number of amides is 2. The van der Waals surface area contributed by atoms with E-state index in [-0.39, 0.29) is 49.9 Å². The van der Waals surface area contributed by atoms with Gasteiger partial charge in [-0.1, -0.05) is 61.0 Å². The molecule has 0 radical (unpaired) electrons. The summed E-state index contributed by atoms with van der Waals surface area (Å²) < 4.78 is 53.1. The van der Waals surface area contributed by atoms with Gasteiger partial charge < -0.3 is 10.2 Å². The second-order valence-electron chi connectivity index (χ2n) is 9.68. The van der Waals surface area contributed by atoms with Gasteiger partial charge in [-0.25, -0.2) is 17.2 Å². The Morgan fingerprint density at radius 3 is 2.24 bits per heavy atom. The molecule has 1 atom stereocenters. The van der Waals surface area contributed by atoms with Crippen LogP contribution in [0.4, 0.5) is 14.5 Å². The zero-order valence-corrected chi connectivity index (χ0v) is 24.6. The summed E-state index contributed by atoms with van der Waals surface area (Å²) in [6, 6.07) is 18.3. The van der Waals surface area contributed by atoms with E-state index in [9.17, 15) is 26.8 Å². The van der Waals surface area contributed by atoms with E-state index in [0.717, 1.165) is 40.2 Å². The molecule has 7 nitrogen and oxygen atoms in total. The van der Waals surface area contributed by atoms with Crippen LogP contribution in [0.3, 0.4) is 0 Å². The molecule has 3 aromatic rings. The molecule has 2 amide bonds. The largest absolute Gasteiger partial charge is 0.354 e. The minimum atomic E-state index is -3.86. The number of anilines is 1. The fourth-order valence-electron chi connectivity index (χ4n) is 4.35. The van der Waals surface area contributed by atoms with Crippen LogP contribution in [0, 0.1) is 11.6 Å². The average Bonchev–Trinajstić information content (AvgIpc) is 2.94. The van der Waals surface area contributed by atoms with Gasteiger partial charge in [-0.3, -0.25) is 13.9 Å². The SMILES string of the molecule is CCCNC(=O)[C@@H](Cc1ccccc1)N(Cc1ccc(Cl)cc1)C(=O)CCCN(c1ccc(F)c(F)c1)S(C)(=O)=O. The summed E-state index contributed by atoms with van der Waals surface area (Å²) >= 11 is 6.05. The molecule has 0 aliphatic carbocycles. The van der Waals surface area contributed by atoms with Gasteiger partial charge in [0.1, 0.15) is 6.04 Å². The van der Waals surface area contributed by atoms with Gasteiger partial charge >= 0.3 is 0 Å². The lowest BCUT2D eigenvalue weighted by atomic mass is 10.0. The Kier molecular flexibility index (Phi) is 11.7. The number of hydrogen-bond donors (Lipinski definition) is 1. The summed E-state index contributed by atoms with van der Waals surface area (Å²) in [5.74, 6) is -2.92. The van der Waals surface area contributed by atoms with Crippen molar-refractivity contribution in [3.05, 3.63) is 101 Å². The van der Waals surface area contributed by atoms with Crippen molar-refractivity contribution in [2.45, 2.75) is 45.2 Å². The predicted octanol–water partition coefficient (Wildman–Crippen LogP) is 5.33. The number of benzene rings is 3. The Labute approximate surface area is 245 Å². The quantitative estimate of drug-likeness (QED) is 0.269. The van der Waals surface area contributed by atoms with Crippen LogP contribution in [0.2, 0.25) is 5.02 Å². The van der Waals surface area contributed by atoms with E-state index in [1.165, 1.54) is 11.0 Å². The predicted molar refractivity (Wildman–Crippen MR) is 157 cm³/mol. The molecular weight excluding hydrogens is 572 g/mol. The van der Waals surface area contributed by atoms with E-state index in [4.69, 9.17) is 11.6 Å². The minimum absolute atomic E-state index is 0.0437. The lowest BCUT2D eigenvalue weighted by molar-refractivity contribution is -0.141. The third-order valence-corrected chi connectivity index (χ3v) is 7.88. The third-order valence-electron chi connectivity index (χ3n) is 6.43. The lowest BCUT2D eigenvalue weighted by Gasteiger charge is -2.32. The summed E-state index contributed by atoms with van der Waals surface area (Å²) in [6.45, 7) is 2.37. The number of carbonyl (C=O) groups is 2. The Bertz CT molecular complexity index is 1420. The number of carbonyl (C=O) groups excluding carboxylic acids is 2. The highest BCUT2D eigenvalue weighted by Crippen LogP contribution is 2.22. The topological polar surface area (TPSA) is 86.8 Å². The molecule has 3 rings (SSSR count). The Morgan fingerprint density at radius 2 is 1.63 bits per heavy atom. The van der Waals surface area contributed by atoms with Crippen LogP contribution in [-0.4, -0.2) is 50.5 Å². The van der Waals surface area contributed by atoms with Crippen molar-refractivity contribution in [1.29, 1.82) is 0 Å². The van der Waals surface area contributed by atoms with E-state index >= 15 is 0 Å². The van der Waals surface area contributed by atoms with Gasteiger partial charge in [-0.2, -0.15) is 0 Å². The van der Waals surface area contributed by atoms with Crippen LogP contribution < -0.4 is 9.62 Å². The Morgan fingerprint density at radius 1 is 0.951 bits per heavy atom. The maximum absolute atomic E-state index is 13.8. The van der Waals surface area contributed by atoms with Gasteiger partial charge in [0.15, 0.2) is 11.6 Å². The standard InChI is InChI=1S/C30H34ClF2N3O4S/c1-3-17-34-30(38)28(19-22-8-5-4-6-9-22)35(21-23-11-13-24(31)14-12-23)29(37)10-7-18-36(41(2,39)40)25-15-16-26(32)27(33)20-25/h4-6,8-9,11-16,20,28H,3,7,10,17-19,21H2,1-2H3,(H,34,38)/t28-/m1/s1. The molecule has 3 aromatic carbocycles. The molecule has 0 aromatic heterocycles. The molecule has 0 spiro atoms. The van der Waals surface area contributed by atoms with Crippen molar-refractivity contribution in [2.24, 2.45) is 0 Å². The molecule has 0 aliphatic rings. The number of hydrogen-bond acceptors (Lipinski definition) is 4. The molecule has 0 aliphatic heterocycles.